The van der Waals surface area contributed by atoms with Crippen molar-refractivity contribution < 1.29 is 43.2 Å². The third-order valence-corrected chi connectivity index (χ3v) is 7.17. The van der Waals surface area contributed by atoms with Gasteiger partial charge in [-0.3, -0.25) is 43.2 Å². The molecule has 1 fully saturated rings. The number of rotatable bonds is 6. The average molecular weight is 694 g/mol. The van der Waals surface area contributed by atoms with Crippen LogP contribution in [0.1, 0.15) is 38.2 Å². The zero-order valence-corrected chi connectivity index (χ0v) is 27.0. The van der Waals surface area contributed by atoms with Gasteiger partial charge in [-0.05, 0) is 30.9 Å². The smallest absolute Gasteiger partial charge is 0.243 e. The molecule has 48 heavy (non-hydrogen) atoms. The van der Waals surface area contributed by atoms with E-state index in [4.69, 9.17) is 17.3 Å². The quantitative estimate of drug-likeness (QED) is 0.140. The second kappa shape index (κ2) is 20.1. The van der Waals surface area contributed by atoms with Crippen molar-refractivity contribution in [3.63, 3.8) is 0 Å². The second-order valence-electron chi connectivity index (χ2n) is 10.7. The molecule has 0 aliphatic carbocycles. The van der Waals surface area contributed by atoms with Crippen LogP contribution in [0.25, 0.3) is 0 Å². The van der Waals surface area contributed by atoms with Crippen LogP contribution in [0.4, 0.5) is 0 Å². The molecule has 0 saturated carbocycles. The van der Waals surface area contributed by atoms with Crippen molar-refractivity contribution in [3.8, 4) is 0 Å². The Morgan fingerprint density at radius 2 is 1.48 bits per heavy atom. The molecule has 0 aromatic heterocycles. The van der Waals surface area contributed by atoms with Crippen molar-refractivity contribution in [2.24, 2.45) is 5.73 Å². The third-order valence-electron chi connectivity index (χ3n) is 6.81. The van der Waals surface area contributed by atoms with Crippen LogP contribution in [0, 0.1) is 0 Å². The van der Waals surface area contributed by atoms with Crippen molar-refractivity contribution in [3.05, 3.63) is 34.9 Å². The lowest BCUT2D eigenvalue weighted by molar-refractivity contribution is -0.132. The molecule has 9 amide bonds. The Bertz CT molecular complexity index is 1390. The van der Waals surface area contributed by atoms with Gasteiger partial charge in [0.25, 0.3) is 0 Å². The van der Waals surface area contributed by atoms with Gasteiger partial charge in [-0.15, -0.1) is 0 Å². The van der Waals surface area contributed by atoms with Gasteiger partial charge in [0.2, 0.25) is 53.2 Å². The number of nitrogens with two attached hydrogens (primary N) is 1. The lowest BCUT2D eigenvalue weighted by Gasteiger charge is -2.21. The fraction of sp³-hybridized carbons (Fsp3) is 0.483. The molecule has 18 nitrogen and oxygen atoms in total. The van der Waals surface area contributed by atoms with Crippen LogP contribution < -0.4 is 48.3 Å². The van der Waals surface area contributed by atoms with Crippen LogP contribution in [0.15, 0.2) is 24.3 Å². The van der Waals surface area contributed by atoms with Crippen LogP contribution in [0.5, 0.6) is 0 Å². The topological polar surface area (TPSA) is 276 Å². The number of primary amides is 1. The molecule has 1 aromatic carbocycles. The number of carbonyl (C=O) groups is 9. The lowest BCUT2D eigenvalue weighted by atomic mass is 10.0. The summed E-state index contributed by atoms with van der Waals surface area (Å²) in [6.45, 7) is -0.905. The number of carbonyl (C=O) groups excluding carboxylic acids is 9. The number of amides is 9. The van der Waals surface area contributed by atoms with Gasteiger partial charge in [-0.1, -0.05) is 29.8 Å². The molecule has 0 radical (unpaired) electrons. The van der Waals surface area contributed by atoms with E-state index in [1.54, 1.807) is 24.3 Å². The standard InChI is InChI=1S/C29H40ClN9O9/c1-16(40)33-13-24(43)38-20-8-9-22(41)32-10-4-7-19(27(31)46)37-25(44)14-34-23(42)12-35-29(48)21(39-26(45)15-36-28(20)47)11-17-5-2-3-6-18(17)30/h2-3,5-6,19-21H,4,7-15H2,1H3,(H2,31,46)(H,32,41)(H,33,40)(H,34,42)(H,35,48)(H,36,47)(H,37,44)(H,38,43)(H,39,45). The molecule has 2 rings (SSSR count). The molecular weight excluding hydrogens is 654 g/mol. The molecule has 1 aromatic rings. The van der Waals surface area contributed by atoms with E-state index in [9.17, 15) is 43.2 Å². The molecule has 3 unspecified atom stereocenters. The fourth-order valence-electron chi connectivity index (χ4n) is 4.31. The van der Waals surface area contributed by atoms with Gasteiger partial charge >= 0.3 is 0 Å². The van der Waals surface area contributed by atoms with Gasteiger partial charge in [0.1, 0.15) is 18.1 Å². The molecule has 19 heteroatoms. The van der Waals surface area contributed by atoms with Crippen molar-refractivity contribution >= 4 is 64.8 Å². The van der Waals surface area contributed by atoms with E-state index in [0.29, 0.717) is 10.6 Å². The summed E-state index contributed by atoms with van der Waals surface area (Å²) in [7, 11) is 0. The summed E-state index contributed by atoms with van der Waals surface area (Å²) in [5.74, 6) is -6.45. The van der Waals surface area contributed by atoms with Crippen LogP contribution in [0.2, 0.25) is 5.02 Å². The van der Waals surface area contributed by atoms with Crippen LogP contribution in [-0.2, 0) is 49.6 Å². The first kappa shape index (κ1) is 38.9. The Hall–Kier alpha value is -5.26. The molecule has 1 aliphatic heterocycles. The minimum Gasteiger partial charge on any atom is -0.368 e. The van der Waals surface area contributed by atoms with Gasteiger partial charge in [-0.2, -0.15) is 0 Å². The summed E-state index contributed by atoms with van der Waals surface area (Å²) >= 11 is 6.24. The van der Waals surface area contributed by atoms with Crippen molar-refractivity contribution in [2.45, 2.75) is 57.2 Å². The number of benzene rings is 1. The number of hydrogen-bond donors (Lipinski definition) is 9. The van der Waals surface area contributed by atoms with E-state index in [1.807, 2.05) is 0 Å². The molecule has 1 saturated heterocycles. The summed E-state index contributed by atoms with van der Waals surface area (Å²) in [4.78, 5) is 112. The highest BCUT2D eigenvalue weighted by Gasteiger charge is 2.26. The Labute approximate surface area is 280 Å². The van der Waals surface area contributed by atoms with E-state index in [0.717, 1.165) is 0 Å². The molecule has 0 bridgehead atoms. The first-order valence-electron chi connectivity index (χ1n) is 15.0. The summed E-state index contributed by atoms with van der Waals surface area (Å²) in [6.07, 6.45) is -0.242. The summed E-state index contributed by atoms with van der Waals surface area (Å²) in [5, 5.41) is 19.5. The van der Waals surface area contributed by atoms with Crippen LogP contribution >= 0.6 is 11.6 Å². The highest BCUT2D eigenvalue weighted by molar-refractivity contribution is 6.31. The van der Waals surface area contributed by atoms with E-state index < -0.39 is 97.5 Å². The van der Waals surface area contributed by atoms with Gasteiger partial charge in [0.15, 0.2) is 0 Å². The van der Waals surface area contributed by atoms with Crippen LogP contribution in [0.3, 0.4) is 0 Å². The second-order valence-corrected chi connectivity index (χ2v) is 11.1. The molecule has 262 valence electrons. The Kier molecular flexibility index (Phi) is 16.3. The maximum Gasteiger partial charge on any atom is 0.243 e. The molecular formula is C29H40ClN9O9. The van der Waals surface area contributed by atoms with E-state index in [2.05, 4.69) is 42.5 Å². The SMILES string of the molecule is CC(=O)NCC(=O)NC1CCC(=O)NCCCC(C(N)=O)NC(=O)CNC(=O)CNC(=O)C(Cc2ccccc2Cl)NC(=O)CNC1=O. The van der Waals surface area contributed by atoms with Gasteiger partial charge < -0.3 is 48.3 Å². The predicted octanol–water partition coefficient (Wildman–Crippen LogP) is -4.00. The normalized spacial score (nSPS) is 21.2. The molecule has 0 spiro atoms. The van der Waals surface area contributed by atoms with Crippen molar-refractivity contribution in [2.75, 3.05) is 32.7 Å². The summed E-state index contributed by atoms with van der Waals surface area (Å²) < 4.78 is 0. The highest BCUT2D eigenvalue weighted by Crippen LogP contribution is 2.17. The van der Waals surface area contributed by atoms with E-state index >= 15 is 0 Å². The summed E-state index contributed by atoms with van der Waals surface area (Å²) in [6, 6.07) is 2.89. The first-order valence-corrected chi connectivity index (χ1v) is 15.4. The largest absolute Gasteiger partial charge is 0.368 e. The number of nitrogens with one attached hydrogen (secondary N) is 8. The summed E-state index contributed by atoms with van der Waals surface area (Å²) in [5.41, 5.74) is 5.87. The van der Waals surface area contributed by atoms with Gasteiger partial charge in [-0.25, -0.2) is 0 Å². The van der Waals surface area contributed by atoms with Crippen molar-refractivity contribution in [1.29, 1.82) is 0 Å². The molecule has 10 N–H and O–H groups in total. The predicted molar refractivity (Wildman–Crippen MR) is 169 cm³/mol. The minimum atomic E-state index is -1.29. The zero-order valence-electron chi connectivity index (χ0n) is 26.2. The fourth-order valence-corrected chi connectivity index (χ4v) is 4.52. The maximum atomic E-state index is 13.1. The van der Waals surface area contributed by atoms with Gasteiger partial charge in [0.05, 0.1) is 26.2 Å². The minimum absolute atomic E-state index is 0.0590. The Balaban J connectivity index is 2.25. The maximum absolute atomic E-state index is 13.1. The highest BCUT2D eigenvalue weighted by atomic mass is 35.5. The number of halogens is 1. The first-order chi connectivity index (χ1) is 22.7. The lowest BCUT2D eigenvalue weighted by Crippen LogP contribution is -2.54. The molecule has 1 heterocycles. The third kappa shape index (κ3) is 14.9. The van der Waals surface area contributed by atoms with E-state index in [-0.39, 0.29) is 38.6 Å². The average Bonchev–Trinajstić information content (AvgIpc) is 3.03. The monoisotopic (exact) mass is 693 g/mol. The Morgan fingerprint density at radius 3 is 2.17 bits per heavy atom. The zero-order chi connectivity index (χ0) is 35.6. The van der Waals surface area contributed by atoms with E-state index in [1.165, 1.54) is 6.92 Å². The Morgan fingerprint density at radius 1 is 0.833 bits per heavy atom. The number of hydrogen-bond acceptors (Lipinski definition) is 9. The van der Waals surface area contributed by atoms with Gasteiger partial charge in [0, 0.05) is 31.3 Å². The molecule has 3 atom stereocenters. The van der Waals surface area contributed by atoms with Crippen LogP contribution in [-0.4, -0.2) is 104 Å². The van der Waals surface area contributed by atoms with Crippen molar-refractivity contribution in [1.82, 2.24) is 42.5 Å². The molecule has 1 aliphatic rings.